The minimum Gasteiger partial charge on any atom is -0.380 e. The highest BCUT2D eigenvalue weighted by Crippen LogP contribution is 2.25. The highest BCUT2D eigenvalue weighted by atomic mass is 79.9. The third-order valence-corrected chi connectivity index (χ3v) is 3.48. The van der Waals surface area contributed by atoms with Gasteiger partial charge in [0.05, 0.1) is 17.9 Å². The molecule has 17 heavy (non-hydrogen) atoms. The van der Waals surface area contributed by atoms with E-state index in [1.807, 2.05) is 6.07 Å². The van der Waals surface area contributed by atoms with Gasteiger partial charge < -0.3 is 10.1 Å². The summed E-state index contributed by atoms with van der Waals surface area (Å²) in [7, 11) is 0. The van der Waals surface area contributed by atoms with Gasteiger partial charge in [0.15, 0.2) is 0 Å². The first-order valence-corrected chi connectivity index (χ1v) is 6.71. The molecule has 1 heterocycles. The van der Waals surface area contributed by atoms with Crippen molar-refractivity contribution < 1.29 is 9.13 Å². The normalized spacial score (nSPS) is 29.1. The second kappa shape index (κ2) is 5.36. The van der Waals surface area contributed by atoms with E-state index in [-0.39, 0.29) is 24.1 Å². The Morgan fingerprint density at radius 3 is 2.53 bits per heavy atom. The molecule has 0 amide bonds. The van der Waals surface area contributed by atoms with Crippen LogP contribution in [0.3, 0.4) is 0 Å². The Balaban J connectivity index is 2.04. The number of benzene rings is 1. The molecule has 0 aromatic heterocycles. The SMILES string of the molecule is CC1CC(Nc2ccc(Br)cc2F)CC(C)O1. The van der Waals surface area contributed by atoms with Crippen LogP contribution in [0.1, 0.15) is 26.7 Å². The average Bonchev–Trinajstić information content (AvgIpc) is 2.21. The van der Waals surface area contributed by atoms with Crippen molar-refractivity contribution in [1.82, 2.24) is 0 Å². The van der Waals surface area contributed by atoms with E-state index in [4.69, 9.17) is 4.74 Å². The van der Waals surface area contributed by atoms with E-state index < -0.39 is 0 Å². The lowest BCUT2D eigenvalue weighted by atomic mass is 9.99. The summed E-state index contributed by atoms with van der Waals surface area (Å²) in [6, 6.07) is 5.38. The van der Waals surface area contributed by atoms with Crippen molar-refractivity contribution in [3.8, 4) is 0 Å². The summed E-state index contributed by atoms with van der Waals surface area (Å²) in [5, 5.41) is 3.26. The van der Waals surface area contributed by atoms with Crippen LogP contribution < -0.4 is 5.32 Å². The molecule has 94 valence electrons. The molecule has 0 bridgehead atoms. The van der Waals surface area contributed by atoms with Crippen molar-refractivity contribution >= 4 is 21.6 Å². The maximum absolute atomic E-state index is 13.7. The Hall–Kier alpha value is -0.610. The van der Waals surface area contributed by atoms with Gasteiger partial charge in [0.25, 0.3) is 0 Å². The minimum atomic E-state index is -0.217. The lowest BCUT2D eigenvalue weighted by molar-refractivity contribution is -0.0338. The highest BCUT2D eigenvalue weighted by molar-refractivity contribution is 9.10. The molecule has 1 aliphatic heterocycles. The monoisotopic (exact) mass is 301 g/mol. The number of hydrogen-bond acceptors (Lipinski definition) is 2. The van der Waals surface area contributed by atoms with Crippen molar-refractivity contribution in [3.05, 3.63) is 28.5 Å². The summed E-state index contributed by atoms with van der Waals surface area (Å²) < 4.78 is 20.1. The van der Waals surface area contributed by atoms with Crippen molar-refractivity contribution in [2.75, 3.05) is 5.32 Å². The fourth-order valence-electron chi connectivity index (χ4n) is 2.35. The van der Waals surface area contributed by atoms with Crippen LogP contribution in [-0.4, -0.2) is 18.2 Å². The van der Waals surface area contributed by atoms with Crippen molar-refractivity contribution in [1.29, 1.82) is 0 Å². The van der Waals surface area contributed by atoms with Gasteiger partial charge in [-0.25, -0.2) is 4.39 Å². The Labute approximate surface area is 110 Å². The first kappa shape index (κ1) is 12.8. The van der Waals surface area contributed by atoms with Crippen molar-refractivity contribution in [3.63, 3.8) is 0 Å². The molecule has 0 spiro atoms. The van der Waals surface area contributed by atoms with Crippen molar-refractivity contribution in [2.45, 2.75) is 44.9 Å². The largest absolute Gasteiger partial charge is 0.380 e. The number of ether oxygens (including phenoxy) is 1. The first-order valence-electron chi connectivity index (χ1n) is 5.91. The third-order valence-electron chi connectivity index (χ3n) is 2.99. The molecule has 1 aliphatic rings. The Morgan fingerprint density at radius 1 is 1.29 bits per heavy atom. The summed E-state index contributed by atoms with van der Waals surface area (Å²) >= 11 is 3.25. The fraction of sp³-hybridized carbons (Fsp3) is 0.538. The quantitative estimate of drug-likeness (QED) is 0.893. The molecular weight excluding hydrogens is 285 g/mol. The summed E-state index contributed by atoms with van der Waals surface area (Å²) in [5.41, 5.74) is 0.569. The molecule has 1 saturated heterocycles. The second-order valence-corrected chi connectivity index (χ2v) is 5.61. The van der Waals surface area contributed by atoms with Gasteiger partial charge in [-0.15, -0.1) is 0 Å². The van der Waals surface area contributed by atoms with Gasteiger partial charge in [-0.1, -0.05) is 15.9 Å². The van der Waals surface area contributed by atoms with Crippen LogP contribution in [0, 0.1) is 5.82 Å². The molecule has 2 rings (SSSR count). The summed E-state index contributed by atoms with van der Waals surface area (Å²) in [6.07, 6.45) is 2.30. The third kappa shape index (κ3) is 3.42. The average molecular weight is 302 g/mol. The van der Waals surface area contributed by atoms with E-state index in [1.165, 1.54) is 6.07 Å². The van der Waals surface area contributed by atoms with Gasteiger partial charge in [-0.3, -0.25) is 0 Å². The highest BCUT2D eigenvalue weighted by Gasteiger charge is 2.24. The molecule has 0 radical (unpaired) electrons. The molecule has 4 heteroatoms. The van der Waals surface area contributed by atoms with Gasteiger partial charge in [0.1, 0.15) is 5.82 Å². The molecule has 0 saturated carbocycles. The Bertz CT molecular complexity index is 389. The van der Waals surface area contributed by atoms with Crippen LogP contribution in [0.2, 0.25) is 0 Å². The number of anilines is 1. The standard InChI is InChI=1S/C13H17BrFNO/c1-8-5-11(6-9(2)17-8)16-13-4-3-10(14)7-12(13)15/h3-4,7-9,11,16H,5-6H2,1-2H3. The molecule has 2 unspecified atom stereocenters. The van der Waals surface area contributed by atoms with Crippen LogP contribution in [0.15, 0.2) is 22.7 Å². The fourth-order valence-corrected chi connectivity index (χ4v) is 2.68. The van der Waals surface area contributed by atoms with Crippen LogP contribution in [0.4, 0.5) is 10.1 Å². The van der Waals surface area contributed by atoms with E-state index in [9.17, 15) is 4.39 Å². The van der Waals surface area contributed by atoms with Gasteiger partial charge in [0, 0.05) is 10.5 Å². The zero-order valence-electron chi connectivity index (χ0n) is 10.0. The van der Waals surface area contributed by atoms with E-state index in [0.29, 0.717) is 5.69 Å². The zero-order chi connectivity index (χ0) is 12.4. The van der Waals surface area contributed by atoms with Crippen LogP contribution in [-0.2, 0) is 4.74 Å². The Kier molecular flexibility index (Phi) is 4.05. The van der Waals surface area contributed by atoms with E-state index >= 15 is 0 Å². The summed E-state index contributed by atoms with van der Waals surface area (Å²) in [4.78, 5) is 0. The zero-order valence-corrected chi connectivity index (χ0v) is 11.6. The lowest BCUT2D eigenvalue weighted by Crippen LogP contribution is -2.37. The minimum absolute atomic E-state index is 0.217. The van der Waals surface area contributed by atoms with Crippen molar-refractivity contribution in [2.24, 2.45) is 0 Å². The first-order chi connectivity index (χ1) is 8.04. The van der Waals surface area contributed by atoms with E-state index in [2.05, 4.69) is 35.1 Å². The topological polar surface area (TPSA) is 21.3 Å². The molecule has 2 atom stereocenters. The Morgan fingerprint density at radius 2 is 1.94 bits per heavy atom. The van der Waals surface area contributed by atoms with Crippen LogP contribution in [0.5, 0.6) is 0 Å². The smallest absolute Gasteiger partial charge is 0.147 e. The summed E-state index contributed by atoms with van der Waals surface area (Å²) in [6.45, 7) is 4.12. The lowest BCUT2D eigenvalue weighted by Gasteiger charge is -2.33. The number of rotatable bonds is 2. The predicted octanol–water partition coefficient (Wildman–Crippen LogP) is 3.96. The number of halogens is 2. The van der Waals surface area contributed by atoms with Gasteiger partial charge in [0.2, 0.25) is 0 Å². The van der Waals surface area contributed by atoms with Crippen LogP contribution in [0.25, 0.3) is 0 Å². The van der Waals surface area contributed by atoms with Crippen LogP contribution >= 0.6 is 15.9 Å². The molecule has 1 aromatic rings. The molecule has 0 aliphatic carbocycles. The molecule has 1 fully saturated rings. The van der Waals surface area contributed by atoms with Gasteiger partial charge in [-0.05, 0) is 44.9 Å². The maximum atomic E-state index is 13.7. The molecule has 1 N–H and O–H groups in total. The second-order valence-electron chi connectivity index (χ2n) is 4.69. The van der Waals surface area contributed by atoms with E-state index in [1.54, 1.807) is 6.07 Å². The summed E-state index contributed by atoms with van der Waals surface area (Å²) in [5.74, 6) is -0.217. The number of nitrogens with one attached hydrogen (secondary N) is 1. The number of hydrogen-bond donors (Lipinski definition) is 1. The molecule has 2 nitrogen and oxygen atoms in total. The van der Waals surface area contributed by atoms with Gasteiger partial charge in [-0.2, -0.15) is 0 Å². The van der Waals surface area contributed by atoms with E-state index in [0.717, 1.165) is 17.3 Å². The predicted molar refractivity (Wildman–Crippen MR) is 70.8 cm³/mol. The maximum Gasteiger partial charge on any atom is 0.147 e. The molecular formula is C13H17BrFNO. The molecule has 1 aromatic carbocycles. The van der Waals surface area contributed by atoms with Gasteiger partial charge >= 0.3 is 0 Å².